The summed E-state index contributed by atoms with van der Waals surface area (Å²) in [6.07, 6.45) is -3.49. The smallest absolute Gasteiger partial charge is 0.416 e. The van der Waals surface area contributed by atoms with E-state index in [2.05, 4.69) is 0 Å². The van der Waals surface area contributed by atoms with Gasteiger partial charge in [0.2, 0.25) is 5.91 Å². The van der Waals surface area contributed by atoms with E-state index in [-0.39, 0.29) is 24.6 Å². The zero-order valence-electron chi connectivity index (χ0n) is 22.5. The molecule has 6 nitrogen and oxygen atoms in total. The molecule has 39 heavy (non-hydrogen) atoms. The van der Waals surface area contributed by atoms with E-state index in [0.717, 1.165) is 28.1 Å². The zero-order valence-corrected chi connectivity index (χ0v) is 23.3. The SMILES string of the molecule is CCCN(CC(=O)N(CCc1ccc(OC)c(OC)c1)Cc1sccc1C)C(=O)c1cccc(C(F)(F)F)c1. The van der Waals surface area contributed by atoms with Crippen LogP contribution in [0.2, 0.25) is 0 Å². The van der Waals surface area contributed by atoms with Gasteiger partial charge in [0.05, 0.1) is 26.3 Å². The number of rotatable bonds is 12. The van der Waals surface area contributed by atoms with E-state index >= 15 is 0 Å². The average Bonchev–Trinajstić information content (AvgIpc) is 3.33. The lowest BCUT2D eigenvalue weighted by Crippen LogP contribution is -2.43. The fourth-order valence-corrected chi connectivity index (χ4v) is 5.05. The van der Waals surface area contributed by atoms with Gasteiger partial charge in [-0.2, -0.15) is 13.2 Å². The number of carbonyl (C=O) groups is 2. The van der Waals surface area contributed by atoms with E-state index in [4.69, 9.17) is 9.47 Å². The molecule has 10 heteroatoms. The molecule has 0 atom stereocenters. The highest BCUT2D eigenvalue weighted by Crippen LogP contribution is 2.30. The monoisotopic (exact) mass is 562 g/mol. The third-order valence-electron chi connectivity index (χ3n) is 6.32. The predicted molar refractivity (Wildman–Crippen MR) is 145 cm³/mol. The Bertz CT molecular complexity index is 1280. The van der Waals surface area contributed by atoms with Gasteiger partial charge in [0, 0.05) is 23.5 Å². The van der Waals surface area contributed by atoms with Crippen molar-refractivity contribution in [3.05, 3.63) is 81.0 Å². The quantitative estimate of drug-likeness (QED) is 0.263. The summed E-state index contributed by atoms with van der Waals surface area (Å²) < 4.78 is 50.4. The number of alkyl halides is 3. The summed E-state index contributed by atoms with van der Waals surface area (Å²) in [6, 6.07) is 11.9. The van der Waals surface area contributed by atoms with E-state index in [9.17, 15) is 22.8 Å². The molecule has 0 aliphatic heterocycles. The molecule has 0 aliphatic carbocycles. The normalized spacial score (nSPS) is 11.3. The molecule has 0 saturated carbocycles. The third kappa shape index (κ3) is 7.98. The molecule has 1 heterocycles. The molecule has 2 amide bonds. The number of thiophene rings is 1. The molecule has 0 aliphatic rings. The molecular formula is C29H33F3N2O4S. The van der Waals surface area contributed by atoms with Crippen molar-refractivity contribution in [2.75, 3.05) is 33.9 Å². The number of amides is 2. The van der Waals surface area contributed by atoms with E-state index < -0.39 is 17.6 Å². The minimum Gasteiger partial charge on any atom is -0.493 e. The van der Waals surface area contributed by atoms with Crippen LogP contribution < -0.4 is 9.47 Å². The molecule has 1 aromatic heterocycles. The summed E-state index contributed by atoms with van der Waals surface area (Å²) >= 11 is 1.55. The van der Waals surface area contributed by atoms with Crippen molar-refractivity contribution in [2.45, 2.75) is 39.4 Å². The van der Waals surface area contributed by atoms with Crippen molar-refractivity contribution in [3.8, 4) is 11.5 Å². The Morgan fingerprint density at radius 1 is 0.949 bits per heavy atom. The number of halogens is 3. The largest absolute Gasteiger partial charge is 0.493 e. The number of methoxy groups -OCH3 is 2. The number of nitrogens with zero attached hydrogens (tertiary/aromatic N) is 2. The fraction of sp³-hybridized carbons (Fsp3) is 0.379. The van der Waals surface area contributed by atoms with Gasteiger partial charge in [-0.25, -0.2) is 0 Å². The first-order valence-electron chi connectivity index (χ1n) is 12.6. The maximum Gasteiger partial charge on any atom is 0.416 e. The third-order valence-corrected chi connectivity index (χ3v) is 7.33. The lowest BCUT2D eigenvalue weighted by molar-refractivity contribution is -0.137. The highest BCUT2D eigenvalue weighted by atomic mass is 32.1. The van der Waals surface area contributed by atoms with Gasteiger partial charge in [0.25, 0.3) is 5.91 Å². The standard InChI is InChI=1S/C29H33F3N2O4S/c1-5-13-34(28(36)22-7-6-8-23(17-22)29(30,31)32)19-27(35)33(18-26-20(2)12-15-39-26)14-11-21-9-10-24(37-3)25(16-21)38-4/h6-10,12,15-17H,5,11,13-14,18-19H2,1-4H3. The maximum atomic E-state index is 13.6. The summed E-state index contributed by atoms with van der Waals surface area (Å²) in [6.45, 7) is 4.57. The van der Waals surface area contributed by atoms with Crippen LogP contribution in [0.25, 0.3) is 0 Å². The van der Waals surface area contributed by atoms with Crippen LogP contribution in [0.4, 0.5) is 13.2 Å². The Balaban J connectivity index is 1.81. The molecule has 0 N–H and O–H groups in total. The molecular weight excluding hydrogens is 529 g/mol. The van der Waals surface area contributed by atoms with Gasteiger partial charge in [-0.15, -0.1) is 11.3 Å². The molecule has 0 bridgehead atoms. The van der Waals surface area contributed by atoms with Crippen molar-refractivity contribution in [1.82, 2.24) is 9.80 Å². The molecule has 210 valence electrons. The summed E-state index contributed by atoms with van der Waals surface area (Å²) in [5.74, 6) is 0.301. The van der Waals surface area contributed by atoms with E-state index in [1.165, 1.54) is 17.0 Å². The van der Waals surface area contributed by atoms with Crippen molar-refractivity contribution < 1.29 is 32.2 Å². The van der Waals surface area contributed by atoms with Gasteiger partial charge in [-0.05, 0) is 72.7 Å². The molecule has 3 rings (SSSR count). The van der Waals surface area contributed by atoms with Crippen LogP contribution in [0, 0.1) is 6.92 Å². The summed E-state index contributed by atoms with van der Waals surface area (Å²) in [4.78, 5) is 30.8. The molecule has 2 aromatic carbocycles. The average molecular weight is 563 g/mol. The number of aryl methyl sites for hydroxylation is 1. The van der Waals surface area contributed by atoms with Crippen molar-refractivity contribution in [2.24, 2.45) is 0 Å². The molecule has 0 radical (unpaired) electrons. The van der Waals surface area contributed by atoms with Crippen LogP contribution in [0.5, 0.6) is 11.5 Å². The first kappa shape index (κ1) is 30.0. The number of carbonyl (C=O) groups excluding carboxylic acids is 2. The first-order chi connectivity index (χ1) is 18.6. The molecule has 3 aromatic rings. The Kier molecular flexibility index (Phi) is 10.4. The van der Waals surface area contributed by atoms with Crippen LogP contribution in [-0.2, 0) is 23.9 Å². The van der Waals surface area contributed by atoms with Crippen molar-refractivity contribution in [3.63, 3.8) is 0 Å². The number of benzene rings is 2. The van der Waals surface area contributed by atoms with Gasteiger partial charge in [0.15, 0.2) is 11.5 Å². The van der Waals surface area contributed by atoms with Gasteiger partial charge in [-0.3, -0.25) is 9.59 Å². The topological polar surface area (TPSA) is 59.1 Å². The Labute approximate surface area is 230 Å². The van der Waals surface area contributed by atoms with Gasteiger partial charge in [-0.1, -0.05) is 19.1 Å². The Hall–Kier alpha value is -3.53. The minimum absolute atomic E-state index is 0.0999. The first-order valence-corrected chi connectivity index (χ1v) is 13.4. The van der Waals surface area contributed by atoms with Crippen molar-refractivity contribution in [1.29, 1.82) is 0 Å². The summed E-state index contributed by atoms with van der Waals surface area (Å²) in [5, 5.41) is 1.96. The lowest BCUT2D eigenvalue weighted by Gasteiger charge is -2.28. The zero-order chi connectivity index (χ0) is 28.6. The second-order valence-corrected chi connectivity index (χ2v) is 10.1. The number of hydrogen-bond donors (Lipinski definition) is 0. The second-order valence-electron chi connectivity index (χ2n) is 9.09. The van der Waals surface area contributed by atoms with E-state index in [1.807, 2.05) is 37.4 Å². The van der Waals surface area contributed by atoms with Crippen LogP contribution in [0.1, 0.15) is 45.3 Å². The van der Waals surface area contributed by atoms with Gasteiger partial charge < -0.3 is 19.3 Å². The summed E-state index contributed by atoms with van der Waals surface area (Å²) in [5.41, 5.74) is 1.01. The lowest BCUT2D eigenvalue weighted by atomic mass is 10.1. The number of ether oxygens (including phenoxy) is 2. The van der Waals surface area contributed by atoms with Crippen LogP contribution in [-0.4, -0.2) is 55.5 Å². The molecule has 0 spiro atoms. The van der Waals surface area contributed by atoms with Crippen LogP contribution in [0.15, 0.2) is 53.9 Å². The van der Waals surface area contributed by atoms with E-state index in [1.54, 1.807) is 36.5 Å². The van der Waals surface area contributed by atoms with Crippen LogP contribution in [0.3, 0.4) is 0 Å². The summed E-state index contributed by atoms with van der Waals surface area (Å²) in [7, 11) is 3.12. The minimum atomic E-state index is -4.57. The van der Waals surface area contributed by atoms with Gasteiger partial charge >= 0.3 is 6.18 Å². The predicted octanol–water partition coefficient (Wildman–Crippen LogP) is 6.22. The fourth-order valence-electron chi connectivity index (χ4n) is 4.13. The molecule has 0 saturated heterocycles. The second kappa shape index (κ2) is 13.5. The number of hydrogen-bond acceptors (Lipinski definition) is 5. The Morgan fingerprint density at radius 3 is 2.31 bits per heavy atom. The van der Waals surface area contributed by atoms with E-state index in [0.29, 0.717) is 37.4 Å². The Morgan fingerprint density at radius 2 is 1.69 bits per heavy atom. The van der Waals surface area contributed by atoms with Crippen molar-refractivity contribution >= 4 is 23.2 Å². The maximum absolute atomic E-state index is 13.6. The van der Waals surface area contributed by atoms with Gasteiger partial charge in [0.1, 0.15) is 6.54 Å². The molecule has 0 fully saturated rings. The molecule has 0 unspecified atom stereocenters. The van der Waals surface area contributed by atoms with Crippen LogP contribution >= 0.6 is 11.3 Å². The highest BCUT2D eigenvalue weighted by Gasteiger charge is 2.31. The highest BCUT2D eigenvalue weighted by molar-refractivity contribution is 7.10.